The van der Waals surface area contributed by atoms with Gasteiger partial charge in [0.05, 0.1) is 17.5 Å². The Hall–Kier alpha value is -3.07. The Morgan fingerprint density at radius 1 is 1.19 bits per heavy atom. The van der Waals surface area contributed by atoms with Crippen molar-refractivity contribution in [2.24, 2.45) is 0 Å². The molecule has 2 aromatic carbocycles. The third-order valence-corrected chi connectivity index (χ3v) is 5.15. The number of nitrogens with one attached hydrogen (secondary N) is 1. The summed E-state index contributed by atoms with van der Waals surface area (Å²) in [4.78, 5) is 23.2. The van der Waals surface area contributed by atoms with E-state index >= 15 is 0 Å². The van der Waals surface area contributed by atoms with E-state index < -0.39 is 21.7 Å². The van der Waals surface area contributed by atoms with Gasteiger partial charge in [0.25, 0.3) is 10.0 Å². The first-order valence-corrected chi connectivity index (χ1v) is 9.08. The number of anilines is 1. The zero-order valence-corrected chi connectivity index (χ0v) is 14.9. The fourth-order valence-corrected chi connectivity index (χ4v) is 3.47. The lowest BCUT2D eigenvalue weighted by atomic mass is 10.2. The van der Waals surface area contributed by atoms with Gasteiger partial charge in [0, 0.05) is 11.8 Å². The second-order valence-electron chi connectivity index (χ2n) is 5.63. The number of oxazole rings is 1. The number of ether oxygens (including phenoxy) is 1. The Labute approximate surface area is 149 Å². The van der Waals surface area contributed by atoms with Gasteiger partial charge in [-0.3, -0.25) is 14.1 Å². The number of hydrogen-bond acceptors (Lipinski definition) is 6. The molecule has 9 heteroatoms. The van der Waals surface area contributed by atoms with Crippen LogP contribution in [0, 0.1) is 6.92 Å². The fourth-order valence-electron chi connectivity index (χ4n) is 2.39. The van der Waals surface area contributed by atoms with E-state index in [1.807, 2.05) is 6.92 Å². The molecule has 0 aliphatic carbocycles. The summed E-state index contributed by atoms with van der Waals surface area (Å²) in [5, 5.41) is 0. The molecule has 0 radical (unpaired) electrons. The van der Waals surface area contributed by atoms with E-state index in [9.17, 15) is 18.0 Å². The van der Waals surface area contributed by atoms with Crippen LogP contribution in [0.15, 0.2) is 56.6 Å². The highest BCUT2D eigenvalue weighted by molar-refractivity contribution is 7.92. The van der Waals surface area contributed by atoms with Crippen LogP contribution in [0.5, 0.6) is 0 Å². The monoisotopic (exact) mass is 376 g/mol. The van der Waals surface area contributed by atoms with Crippen molar-refractivity contribution in [1.82, 2.24) is 4.57 Å². The van der Waals surface area contributed by atoms with Crippen molar-refractivity contribution in [1.29, 1.82) is 0 Å². The van der Waals surface area contributed by atoms with Gasteiger partial charge in [-0.25, -0.2) is 13.2 Å². The summed E-state index contributed by atoms with van der Waals surface area (Å²) in [6.07, 6.45) is 0. The summed E-state index contributed by atoms with van der Waals surface area (Å²) in [7, 11) is -2.66. The number of rotatable bonds is 5. The molecule has 136 valence electrons. The lowest BCUT2D eigenvalue weighted by molar-refractivity contribution is -0.141. The Balaban J connectivity index is 1.97. The molecule has 0 atom stereocenters. The van der Waals surface area contributed by atoms with E-state index in [0.717, 1.165) is 10.1 Å². The number of aryl methyl sites for hydroxylation is 1. The summed E-state index contributed by atoms with van der Waals surface area (Å²) in [5.41, 5.74) is 1.78. The number of benzene rings is 2. The van der Waals surface area contributed by atoms with Crippen LogP contribution in [0.25, 0.3) is 11.1 Å². The quantitative estimate of drug-likeness (QED) is 0.681. The molecule has 0 saturated carbocycles. The number of methoxy groups -OCH3 is 1. The molecule has 1 N–H and O–H groups in total. The molecule has 0 unspecified atom stereocenters. The molecule has 1 heterocycles. The largest absolute Gasteiger partial charge is 0.468 e. The first-order chi connectivity index (χ1) is 12.3. The summed E-state index contributed by atoms with van der Waals surface area (Å²) < 4.78 is 38.2. The predicted octanol–water partition coefficient (Wildman–Crippen LogP) is 1.88. The van der Waals surface area contributed by atoms with Crippen LogP contribution in [0.3, 0.4) is 0 Å². The van der Waals surface area contributed by atoms with Crippen LogP contribution in [-0.2, 0) is 26.1 Å². The van der Waals surface area contributed by atoms with Crippen molar-refractivity contribution < 1.29 is 22.4 Å². The highest BCUT2D eigenvalue weighted by Crippen LogP contribution is 2.21. The highest BCUT2D eigenvalue weighted by atomic mass is 32.2. The normalized spacial score (nSPS) is 11.5. The lowest BCUT2D eigenvalue weighted by Gasteiger charge is -2.08. The maximum atomic E-state index is 12.5. The Bertz CT molecular complexity index is 1130. The maximum absolute atomic E-state index is 12.5. The Kier molecular flexibility index (Phi) is 4.56. The zero-order valence-electron chi connectivity index (χ0n) is 14.1. The first kappa shape index (κ1) is 17.7. The first-order valence-electron chi connectivity index (χ1n) is 7.60. The minimum Gasteiger partial charge on any atom is -0.468 e. The minimum atomic E-state index is -3.86. The molecule has 0 aliphatic heterocycles. The Morgan fingerprint density at radius 2 is 1.88 bits per heavy atom. The van der Waals surface area contributed by atoms with Gasteiger partial charge < -0.3 is 9.15 Å². The number of sulfonamides is 1. The molecular formula is C17H16N2O6S. The van der Waals surface area contributed by atoms with E-state index in [2.05, 4.69) is 9.46 Å². The van der Waals surface area contributed by atoms with Gasteiger partial charge in [-0.05, 0) is 31.2 Å². The number of carbonyl (C=O) groups is 1. The smallest absolute Gasteiger partial charge is 0.420 e. The molecule has 3 aromatic rings. The van der Waals surface area contributed by atoms with Gasteiger partial charge in [0.1, 0.15) is 6.54 Å². The van der Waals surface area contributed by atoms with Crippen LogP contribution in [0.1, 0.15) is 5.56 Å². The molecular weight excluding hydrogens is 360 g/mol. The van der Waals surface area contributed by atoms with Crippen molar-refractivity contribution in [3.05, 3.63) is 58.6 Å². The highest BCUT2D eigenvalue weighted by Gasteiger charge is 2.19. The van der Waals surface area contributed by atoms with Gasteiger partial charge in [0.15, 0.2) is 5.58 Å². The fraction of sp³-hybridized carbons (Fsp3) is 0.176. The topological polar surface area (TPSA) is 108 Å². The van der Waals surface area contributed by atoms with E-state index in [0.29, 0.717) is 11.2 Å². The summed E-state index contributed by atoms with van der Waals surface area (Å²) in [5.74, 6) is -1.39. The number of esters is 1. The third kappa shape index (κ3) is 3.47. The van der Waals surface area contributed by atoms with Crippen LogP contribution >= 0.6 is 0 Å². The number of hydrogen-bond donors (Lipinski definition) is 1. The van der Waals surface area contributed by atoms with Crippen LogP contribution in [-0.4, -0.2) is 26.1 Å². The molecule has 0 aliphatic rings. The Morgan fingerprint density at radius 3 is 2.54 bits per heavy atom. The second-order valence-corrected chi connectivity index (χ2v) is 7.31. The average molecular weight is 376 g/mol. The number of aromatic nitrogens is 1. The summed E-state index contributed by atoms with van der Waals surface area (Å²) >= 11 is 0. The SMILES string of the molecule is COC(=O)Cn1c(=O)oc2cc(S(=O)(=O)Nc3ccc(C)cc3)ccc21. The van der Waals surface area contributed by atoms with E-state index in [1.165, 1.54) is 25.3 Å². The molecule has 3 rings (SSSR count). The average Bonchev–Trinajstić information content (AvgIpc) is 2.91. The predicted molar refractivity (Wildman–Crippen MR) is 94.5 cm³/mol. The van der Waals surface area contributed by atoms with Gasteiger partial charge in [-0.15, -0.1) is 0 Å². The molecule has 1 aromatic heterocycles. The molecule has 26 heavy (non-hydrogen) atoms. The van der Waals surface area contributed by atoms with Crippen molar-refractivity contribution in [2.75, 3.05) is 11.8 Å². The lowest BCUT2D eigenvalue weighted by Crippen LogP contribution is -2.20. The summed E-state index contributed by atoms with van der Waals surface area (Å²) in [6, 6.07) is 10.9. The standard InChI is InChI=1S/C17H16N2O6S/c1-11-3-5-12(6-4-11)18-26(22,23)13-7-8-14-15(9-13)25-17(21)19(14)10-16(20)24-2/h3-9,18H,10H2,1-2H3. The van der Waals surface area contributed by atoms with Crippen LogP contribution in [0.4, 0.5) is 5.69 Å². The number of nitrogens with zero attached hydrogens (tertiary/aromatic N) is 1. The summed E-state index contributed by atoms with van der Waals surface area (Å²) in [6.45, 7) is 1.57. The molecule has 0 saturated heterocycles. The van der Waals surface area contributed by atoms with Crippen LogP contribution < -0.4 is 10.5 Å². The minimum absolute atomic E-state index is 0.0608. The van der Waals surface area contributed by atoms with E-state index in [4.69, 9.17) is 4.42 Å². The van der Waals surface area contributed by atoms with E-state index in [1.54, 1.807) is 24.3 Å². The molecule has 0 spiro atoms. The van der Waals surface area contributed by atoms with Gasteiger partial charge in [0.2, 0.25) is 0 Å². The van der Waals surface area contributed by atoms with Crippen molar-refractivity contribution in [2.45, 2.75) is 18.4 Å². The molecule has 0 bridgehead atoms. The van der Waals surface area contributed by atoms with Crippen molar-refractivity contribution >= 4 is 32.8 Å². The van der Waals surface area contributed by atoms with Gasteiger partial charge >= 0.3 is 11.7 Å². The third-order valence-electron chi connectivity index (χ3n) is 3.77. The van der Waals surface area contributed by atoms with Gasteiger partial charge in [-0.1, -0.05) is 17.7 Å². The maximum Gasteiger partial charge on any atom is 0.420 e. The second kappa shape index (κ2) is 6.68. The van der Waals surface area contributed by atoms with E-state index in [-0.39, 0.29) is 17.0 Å². The molecule has 0 fully saturated rings. The van der Waals surface area contributed by atoms with Gasteiger partial charge in [-0.2, -0.15) is 0 Å². The number of carbonyl (C=O) groups excluding carboxylic acids is 1. The number of fused-ring (bicyclic) bond motifs is 1. The van der Waals surface area contributed by atoms with Crippen molar-refractivity contribution in [3.8, 4) is 0 Å². The zero-order chi connectivity index (χ0) is 18.9. The molecule has 8 nitrogen and oxygen atoms in total. The molecule has 0 amide bonds. The van der Waals surface area contributed by atoms with Crippen LogP contribution in [0.2, 0.25) is 0 Å². The van der Waals surface area contributed by atoms with Crippen molar-refractivity contribution in [3.63, 3.8) is 0 Å².